The zero-order valence-corrected chi connectivity index (χ0v) is 20.0. The Hall–Kier alpha value is -4.54. The maximum Gasteiger partial charge on any atom is 0.490 e. The number of amides is 1. The Morgan fingerprint density at radius 2 is 1.54 bits per heavy atom. The molecule has 11 heteroatoms. The summed E-state index contributed by atoms with van der Waals surface area (Å²) in [4.78, 5) is 35.3. The number of aromatic carboxylic acids is 1. The molecule has 0 aromatic heterocycles. The van der Waals surface area contributed by atoms with Crippen LogP contribution in [0.1, 0.15) is 33.2 Å². The molecule has 0 heterocycles. The van der Waals surface area contributed by atoms with Crippen molar-refractivity contribution < 1.29 is 42.5 Å². The van der Waals surface area contributed by atoms with Gasteiger partial charge in [-0.3, -0.25) is 4.79 Å². The number of aliphatic carboxylic acids is 1. The molecular weight excluding hydrogens is 493 g/mol. The van der Waals surface area contributed by atoms with E-state index in [1.807, 2.05) is 42.2 Å². The van der Waals surface area contributed by atoms with Crippen molar-refractivity contribution in [2.75, 3.05) is 23.9 Å². The van der Waals surface area contributed by atoms with Crippen LogP contribution in [-0.2, 0) is 11.3 Å². The van der Waals surface area contributed by atoms with Gasteiger partial charge < -0.3 is 25.2 Å². The highest BCUT2D eigenvalue weighted by atomic mass is 19.4. The number of alkyl halides is 3. The van der Waals surface area contributed by atoms with E-state index in [4.69, 9.17) is 14.6 Å². The molecule has 0 saturated heterocycles. The maximum absolute atomic E-state index is 12.5. The molecule has 0 aliphatic carbocycles. The van der Waals surface area contributed by atoms with Crippen LogP contribution in [0.5, 0.6) is 5.75 Å². The maximum atomic E-state index is 12.5. The lowest BCUT2D eigenvalue weighted by atomic mass is 10.1. The van der Waals surface area contributed by atoms with E-state index in [0.29, 0.717) is 35.8 Å². The quantitative estimate of drug-likeness (QED) is 0.370. The van der Waals surface area contributed by atoms with Crippen LogP contribution < -0.4 is 15.0 Å². The van der Waals surface area contributed by atoms with Gasteiger partial charge in [0.1, 0.15) is 5.75 Å². The number of carboxylic acid groups (broad SMARTS) is 2. The minimum atomic E-state index is -5.08. The molecular formula is C26H25F3N2O6. The lowest BCUT2D eigenvalue weighted by Crippen LogP contribution is -2.24. The summed E-state index contributed by atoms with van der Waals surface area (Å²) in [7, 11) is 1.56. The zero-order valence-electron chi connectivity index (χ0n) is 20.0. The molecule has 3 N–H and O–H groups in total. The average molecular weight is 518 g/mol. The summed E-state index contributed by atoms with van der Waals surface area (Å²) in [5, 5.41) is 19.6. The Balaban J connectivity index is 0.000000604. The first-order valence-electron chi connectivity index (χ1n) is 10.9. The van der Waals surface area contributed by atoms with Gasteiger partial charge in [-0.25, -0.2) is 9.59 Å². The zero-order chi connectivity index (χ0) is 27.6. The largest absolute Gasteiger partial charge is 0.497 e. The first-order valence-corrected chi connectivity index (χ1v) is 10.9. The van der Waals surface area contributed by atoms with Gasteiger partial charge in [0, 0.05) is 24.3 Å². The van der Waals surface area contributed by atoms with Crippen molar-refractivity contribution in [3.05, 3.63) is 89.5 Å². The monoisotopic (exact) mass is 518 g/mol. The Morgan fingerprint density at radius 3 is 2.03 bits per heavy atom. The molecule has 0 spiro atoms. The Bertz CT molecular complexity index is 1220. The van der Waals surface area contributed by atoms with Crippen molar-refractivity contribution in [1.82, 2.24) is 0 Å². The fourth-order valence-corrected chi connectivity index (χ4v) is 3.18. The van der Waals surface area contributed by atoms with Crippen LogP contribution >= 0.6 is 0 Å². The van der Waals surface area contributed by atoms with E-state index < -0.39 is 18.1 Å². The van der Waals surface area contributed by atoms with Gasteiger partial charge in [-0.1, -0.05) is 30.3 Å². The molecule has 0 fully saturated rings. The van der Waals surface area contributed by atoms with E-state index in [2.05, 4.69) is 5.32 Å². The van der Waals surface area contributed by atoms with E-state index in [1.165, 1.54) is 6.07 Å². The molecule has 0 aliphatic rings. The molecule has 0 aliphatic heterocycles. The summed E-state index contributed by atoms with van der Waals surface area (Å²) in [6, 6.07) is 21.5. The minimum Gasteiger partial charge on any atom is -0.497 e. The number of carbonyl (C=O) groups is 3. The number of anilines is 2. The molecule has 3 aromatic rings. The average Bonchev–Trinajstić information content (AvgIpc) is 2.87. The predicted octanol–water partition coefficient (Wildman–Crippen LogP) is 5.31. The van der Waals surface area contributed by atoms with Gasteiger partial charge in [-0.05, 0) is 55.0 Å². The number of ether oxygens (including phenoxy) is 1. The summed E-state index contributed by atoms with van der Waals surface area (Å²) in [6.07, 6.45) is -5.08. The van der Waals surface area contributed by atoms with E-state index in [-0.39, 0.29) is 11.5 Å². The van der Waals surface area contributed by atoms with Crippen LogP contribution in [0, 0.1) is 0 Å². The van der Waals surface area contributed by atoms with Crippen LogP contribution in [0.4, 0.5) is 24.5 Å². The van der Waals surface area contributed by atoms with Crippen LogP contribution in [0.2, 0.25) is 0 Å². The first-order chi connectivity index (χ1) is 17.5. The summed E-state index contributed by atoms with van der Waals surface area (Å²) in [5.41, 5.74) is 2.72. The summed E-state index contributed by atoms with van der Waals surface area (Å²) in [5.74, 6) is -3.47. The topological polar surface area (TPSA) is 116 Å². The van der Waals surface area contributed by atoms with E-state index in [0.717, 1.165) is 5.56 Å². The minimum absolute atomic E-state index is 0.139. The number of benzene rings is 3. The standard InChI is InChI=1S/C24H24N2O4.C2HF3O2/c1-3-26(16-17-7-5-4-6-8-17)22-14-11-19(15-21(22)24(28)29)25-23(27)18-9-12-20(30-2)13-10-18;3-2(4,5)1(6)7/h4-15H,3,16H2,1-2H3,(H,25,27)(H,28,29);(H,6,7). The van der Waals surface area contributed by atoms with Gasteiger partial charge in [0.05, 0.1) is 18.4 Å². The SMILES string of the molecule is CCN(Cc1ccccc1)c1ccc(NC(=O)c2ccc(OC)cc2)cc1C(=O)O.O=C(O)C(F)(F)F. The second-order valence-corrected chi connectivity index (χ2v) is 7.52. The third-order valence-electron chi connectivity index (χ3n) is 5.02. The smallest absolute Gasteiger partial charge is 0.490 e. The fourth-order valence-electron chi connectivity index (χ4n) is 3.18. The number of methoxy groups -OCH3 is 1. The van der Waals surface area contributed by atoms with Gasteiger partial charge in [0.15, 0.2) is 0 Å². The van der Waals surface area contributed by atoms with E-state index in [9.17, 15) is 27.9 Å². The summed E-state index contributed by atoms with van der Waals surface area (Å²) >= 11 is 0. The highest BCUT2D eigenvalue weighted by Gasteiger charge is 2.38. The van der Waals surface area contributed by atoms with Gasteiger partial charge in [0.2, 0.25) is 0 Å². The molecule has 0 unspecified atom stereocenters. The van der Waals surface area contributed by atoms with E-state index >= 15 is 0 Å². The van der Waals surface area contributed by atoms with Crippen molar-refractivity contribution in [3.8, 4) is 5.75 Å². The highest BCUT2D eigenvalue weighted by Crippen LogP contribution is 2.26. The molecule has 8 nitrogen and oxygen atoms in total. The number of hydrogen-bond donors (Lipinski definition) is 3. The van der Waals surface area contributed by atoms with Crippen molar-refractivity contribution in [2.24, 2.45) is 0 Å². The van der Waals surface area contributed by atoms with Gasteiger partial charge in [-0.2, -0.15) is 13.2 Å². The summed E-state index contributed by atoms with van der Waals surface area (Å²) < 4.78 is 36.8. The molecule has 0 atom stereocenters. The van der Waals surface area contributed by atoms with Crippen LogP contribution in [-0.4, -0.2) is 47.9 Å². The summed E-state index contributed by atoms with van der Waals surface area (Å²) in [6.45, 7) is 3.22. The molecule has 0 saturated carbocycles. The molecule has 0 radical (unpaired) electrons. The number of hydrogen-bond acceptors (Lipinski definition) is 5. The fraction of sp³-hybridized carbons (Fsp3) is 0.192. The normalized spacial score (nSPS) is 10.5. The van der Waals surface area contributed by atoms with Gasteiger partial charge >= 0.3 is 18.1 Å². The van der Waals surface area contributed by atoms with Crippen molar-refractivity contribution in [1.29, 1.82) is 0 Å². The molecule has 3 rings (SSSR count). The van der Waals surface area contributed by atoms with Gasteiger partial charge in [0.25, 0.3) is 5.91 Å². The second kappa shape index (κ2) is 13.0. The molecule has 1 amide bonds. The highest BCUT2D eigenvalue weighted by molar-refractivity contribution is 6.05. The van der Waals surface area contributed by atoms with Crippen LogP contribution in [0.15, 0.2) is 72.8 Å². The molecule has 0 bridgehead atoms. The van der Waals surface area contributed by atoms with Crippen LogP contribution in [0.3, 0.4) is 0 Å². The van der Waals surface area contributed by atoms with Crippen molar-refractivity contribution in [2.45, 2.75) is 19.6 Å². The Labute approximate surface area is 210 Å². The van der Waals surface area contributed by atoms with Crippen LogP contribution in [0.25, 0.3) is 0 Å². The molecule has 37 heavy (non-hydrogen) atoms. The van der Waals surface area contributed by atoms with E-state index in [1.54, 1.807) is 43.5 Å². The lowest BCUT2D eigenvalue weighted by Gasteiger charge is -2.25. The number of carbonyl (C=O) groups excluding carboxylic acids is 1. The number of nitrogens with zero attached hydrogens (tertiary/aromatic N) is 1. The molecule has 3 aromatic carbocycles. The van der Waals surface area contributed by atoms with Gasteiger partial charge in [-0.15, -0.1) is 0 Å². The third-order valence-corrected chi connectivity index (χ3v) is 5.02. The second-order valence-electron chi connectivity index (χ2n) is 7.52. The van der Waals surface area contributed by atoms with Crippen molar-refractivity contribution in [3.63, 3.8) is 0 Å². The Kier molecular flexibility index (Phi) is 10.1. The predicted molar refractivity (Wildman–Crippen MR) is 131 cm³/mol. The molecule has 196 valence electrons. The Morgan fingerprint density at radius 1 is 0.946 bits per heavy atom. The number of nitrogens with one attached hydrogen (secondary N) is 1. The third kappa shape index (κ3) is 8.57. The first kappa shape index (κ1) is 28.7. The van der Waals surface area contributed by atoms with Crippen molar-refractivity contribution >= 4 is 29.2 Å². The number of halogens is 3. The lowest BCUT2D eigenvalue weighted by molar-refractivity contribution is -0.192. The number of rotatable bonds is 8. The number of carboxylic acids is 2.